The van der Waals surface area contributed by atoms with Gasteiger partial charge in [-0.1, -0.05) is 76.1 Å². The van der Waals surface area contributed by atoms with E-state index in [9.17, 15) is 28.8 Å². The van der Waals surface area contributed by atoms with Crippen LogP contribution in [0.5, 0.6) is 0 Å². The summed E-state index contributed by atoms with van der Waals surface area (Å²) in [6, 6.07) is 15.1. The number of unbranched alkanes of at least 4 members (excludes halogenated alkanes) is 3. The van der Waals surface area contributed by atoms with Crippen molar-refractivity contribution >= 4 is 41.2 Å². The van der Waals surface area contributed by atoms with Crippen LogP contribution in [0, 0.1) is 0 Å². The van der Waals surface area contributed by atoms with Gasteiger partial charge in [-0.05, 0) is 49.1 Å². The number of imide groups is 1. The second-order valence-electron chi connectivity index (χ2n) is 10.7. The number of amides is 5. The number of nitrogens with two attached hydrogens (primary N) is 1. The van der Waals surface area contributed by atoms with Gasteiger partial charge in [0.2, 0.25) is 17.7 Å². The highest BCUT2D eigenvalue weighted by atomic mass is 16.5. The molecular formula is C36H51N5O7. The van der Waals surface area contributed by atoms with Crippen molar-refractivity contribution in [2.75, 3.05) is 25.0 Å². The predicted molar refractivity (Wildman–Crippen MR) is 185 cm³/mol. The Morgan fingerprint density at radius 3 is 2.04 bits per heavy atom. The fourth-order valence-corrected chi connectivity index (χ4v) is 4.28. The zero-order valence-corrected chi connectivity index (χ0v) is 28.6. The van der Waals surface area contributed by atoms with Gasteiger partial charge in [-0.25, -0.2) is 0 Å². The van der Waals surface area contributed by atoms with Gasteiger partial charge >= 0.3 is 5.97 Å². The van der Waals surface area contributed by atoms with Gasteiger partial charge in [0.05, 0.1) is 6.54 Å². The molecule has 0 saturated carbocycles. The summed E-state index contributed by atoms with van der Waals surface area (Å²) in [6.45, 7) is 8.43. The topological polar surface area (TPSA) is 177 Å². The number of carbonyl (C=O) groups is 6. The maximum atomic E-state index is 13.0. The first-order valence-electron chi connectivity index (χ1n) is 16.5. The van der Waals surface area contributed by atoms with Crippen LogP contribution in [0.15, 0.2) is 66.7 Å². The molecular weight excluding hydrogens is 614 g/mol. The third-order valence-electron chi connectivity index (χ3n) is 6.78. The van der Waals surface area contributed by atoms with E-state index in [-0.39, 0.29) is 49.7 Å². The fraction of sp³-hybridized carbons (Fsp3) is 0.444. The van der Waals surface area contributed by atoms with Crippen LogP contribution < -0.4 is 21.7 Å². The van der Waals surface area contributed by atoms with Crippen LogP contribution in [0.1, 0.15) is 77.3 Å². The van der Waals surface area contributed by atoms with Gasteiger partial charge in [0.1, 0.15) is 12.6 Å². The Morgan fingerprint density at radius 1 is 0.833 bits per heavy atom. The zero-order valence-electron chi connectivity index (χ0n) is 28.6. The lowest BCUT2D eigenvalue weighted by molar-refractivity contribution is -0.142. The van der Waals surface area contributed by atoms with E-state index in [1.807, 2.05) is 44.2 Å². The van der Waals surface area contributed by atoms with Crippen LogP contribution in [-0.4, -0.2) is 66.1 Å². The number of hydrogen-bond acceptors (Lipinski definition) is 8. The van der Waals surface area contributed by atoms with E-state index < -0.39 is 17.9 Å². The second-order valence-corrected chi connectivity index (χ2v) is 10.7. The minimum absolute atomic E-state index is 0.131. The largest absolute Gasteiger partial charge is 0.461 e. The standard InChI is InChI=1S/C30H34N4O7.C4H11N.C2H6/c1-21(35)41-20-23-11-13-24(14-12-23)32-27(37)19-31-30(40)25(18-22-8-4-2-5-9-22)33-26(36)10-6-3-7-17-34-28(38)15-16-29(34)39;1-2-3-4-5;1-2/h2,4-5,8-9,11-16,25H,3,6-7,10,17-20H2,1H3,(H,31,40)(H,32,37)(H,33,36);2-5H2,1H3;1-2H3/t25-;;/m0../s1. The first kappa shape index (κ1) is 41.2. The summed E-state index contributed by atoms with van der Waals surface area (Å²) in [5.41, 5.74) is 7.26. The number of esters is 1. The monoisotopic (exact) mass is 665 g/mol. The van der Waals surface area contributed by atoms with Crippen LogP contribution in [-0.2, 0) is 46.5 Å². The molecule has 0 unspecified atom stereocenters. The molecule has 3 rings (SSSR count). The van der Waals surface area contributed by atoms with Crippen molar-refractivity contribution in [1.29, 1.82) is 0 Å². The van der Waals surface area contributed by atoms with Crippen molar-refractivity contribution in [1.82, 2.24) is 15.5 Å². The highest BCUT2D eigenvalue weighted by Gasteiger charge is 2.23. The molecule has 1 heterocycles. The lowest BCUT2D eigenvalue weighted by atomic mass is 10.0. The Hall–Kier alpha value is -4.84. The molecule has 0 aliphatic carbocycles. The highest BCUT2D eigenvalue weighted by Crippen LogP contribution is 2.11. The highest BCUT2D eigenvalue weighted by molar-refractivity contribution is 6.12. The molecule has 2 aromatic rings. The van der Waals surface area contributed by atoms with Crippen LogP contribution >= 0.6 is 0 Å². The average molecular weight is 666 g/mol. The summed E-state index contributed by atoms with van der Waals surface area (Å²) in [5.74, 6) is -2.29. The predicted octanol–water partition coefficient (Wildman–Crippen LogP) is 3.79. The molecule has 0 spiro atoms. The lowest BCUT2D eigenvalue weighted by Gasteiger charge is -2.19. The van der Waals surface area contributed by atoms with Gasteiger partial charge in [0, 0.05) is 44.1 Å². The number of carbonyl (C=O) groups excluding carboxylic acids is 6. The van der Waals surface area contributed by atoms with E-state index in [1.165, 1.54) is 31.9 Å². The Bertz CT molecular complexity index is 1310. The molecule has 48 heavy (non-hydrogen) atoms. The third-order valence-corrected chi connectivity index (χ3v) is 6.78. The summed E-state index contributed by atoms with van der Waals surface area (Å²) in [5, 5.41) is 8.04. The van der Waals surface area contributed by atoms with Crippen molar-refractivity contribution in [2.45, 2.75) is 85.3 Å². The van der Waals surface area contributed by atoms with Crippen molar-refractivity contribution in [2.24, 2.45) is 5.73 Å². The Balaban J connectivity index is 0.00000150. The van der Waals surface area contributed by atoms with Crippen molar-refractivity contribution in [3.63, 3.8) is 0 Å². The van der Waals surface area contributed by atoms with Crippen LogP contribution in [0.2, 0.25) is 0 Å². The smallest absolute Gasteiger partial charge is 0.302 e. The summed E-state index contributed by atoms with van der Waals surface area (Å²) in [7, 11) is 0. The molecule has 0 saturated heterocycles. The third kappa shape index (κ3) is 17.2. The molecule has 1 atom stereocenters. The SMILES string of the molecule is CC.CC(=O)OCc1ccc(NC(=O)CNC(=O)[C@H](Cc2ccccc2)NC(=O)CCCCCN2C(=O)C=CC2=O)cc1.CCCCN. The summed E-state index contributed by atoms with van der Waals surface area (Å²) in [4.78, 5) is 73.4. The summed E-state index contributed by atoms with van der Waals surface area (Å²) < 4.78 is 4.93. The molecule has 5 amide bonds. The number of hydrogen-bond donors (Lipinski definition) is 4. The van der Waals surface area contributed by atoms with Crippen molar-refractivity contribution in [3.05, 3.63) is 77.9 Å². The Morgan fingerprint density at radius 2 is 1.48 bits per heavy atom. The molecule has 0 fully saturated rings. The molecule has 0 aromatic heterocycles. The van der Waals surface area contributed by atoms with Gasteiger partial charge < -0.3 is 26.4 Å². The van der Waals surface area contributed by atoms with E-state index >= 15 is 0 Å². The van der Waals surface area contributed by atoms with E-state index in [1.54, 1.807) is 24.3 Å². The number of anilines is 1. The number of rotatable bonds is 17. The van der Waals surface area contributed by atoms with E-state index in [2.05, 4.69) is 22.9 Å². The molecule has 12 heteroatoms. The number of nitrogens with zero attached hydrogens (tertiary/aromatic N) is 1. The van der Waals surface area contributed by atoms with Gasteiger partial charge in [0.15, 0.2) is 0 Å². The van der Waals surface area contributed by atoms with E-state index in [0.29, 0.717) is 31.5 Å². The van der Waals surface area contributed by atoms with Gasteiger partial charge in [-0.15, -0.1) is 0 Å². The molecule has 1 aliphatic rings. The normalized spacial score (nSPS) is 12.1. The number of ether oxygens (including phenoxy) is 1. The van der Waals surface area contributed by atoms with Gasteiger partial charge in [0.25, 0.3) is 11.8 Å². The quantitative estimate of drug-likeness (QED) is 0.112. The average Bonchev–Trinajstić information content (AvgIpc) is 3.41. The fourth-order valence-electron chi connectivity index (χ4n) is 4.28. The molecule has 2 aromatic carbocycles. The maximum absolute atomic E-state index is 13.0. The van der Waals surface area contributed by atoms with Gasteiger partial charge in [-0.2, -0.15) is 0 Å². The Kier molecular flexibility index (Phi) is 20.9. The number of nitrogens with one attached hydrogen (secondary N) is 3. The van der Waals surface area contributed by atoms with Crippen molar-refractivity contribution in [3.8, 4) is 0 Å². The minimum atomic E-state index is -0.885. The van der Waals surface area contributed by atoms with Crippen molar-refractivity contribution < 1.29 is 33.5 Å². The first-order valence-corrected chi connectivity index (χ1v) is 16.5. The van der Waals surface area contributed by atoms with Crippen LogP contribution in [0.4, 0.5) is 5.69 Å². The second kappa shape index (κ2) is 24.3. The van der Waals surface area contributed by atoms with E-state index in [4.69, 9.17) is 10.5 Å². The number of benzene rings is 2. The first-order chi connectivity index (χ1) is 23.1. The summed E-state index contributed by atoms with van der Waals surface area (Å²) in [6.07, 6.45) is 7.01. The summed E-state index contributed by atoms with van der Waals surface area (Å²) >= 11 is 0. The molecule has 12 nitrogen and oxygen atoms in total. The van der Waals surface area contributed by atoms with E-state index in [0.717, 1.165) is 22.6 Å². The van der Waals surface area contributed by atoms with Crippen LogP contribution in [0.3, 0.4) is 0 Å². The molecule has 5 N–H and O–H groups in total. The van der Waals surface area contributed by atoms with Crippen LogP contribution in [0.25, 0.3) is 0 Å². The molecule has 0 radical (unpaired) electrons. The molecule has 1 aliphatic heterocycles. The molecule has 262 valence electrons. The maximum Gasteiger partial charge on any atom is 0.302 e. The van der Waals surface area contributed by atoms with Gasteiger partial charge in [-0.3, -0.25) is 33.7 Å². The molecule has 0 bridgehead atoms. The Labute approximate surface area is 283 Å². The lowest BCUT2D eigenvalue weighted by Crippen LogP contribution is -2.49. The zero-order chi connectivity index (χ0) is 35.7. The minimum Gasteiger partial charge on any atom is -0.461 e.